The second-order valence-electron chi connectivity index (χ2n) is 5.31. The molecule has 0 aliphatic heterocycles. The Hall–Kier alpha value is -2.60. The number of halogens is 2. The monoisotopic (exact) mass is 388 g/mol. The third-order valence-corrected chi connectivity index (χ3v) is 4.03. The molecule has 0 unspecified atom stereocenters. The second kappa shape index (κ2) is 6.49. The molecule has 6 heteroatoms. The minimum atomic E-state index is -0.529. The Morgan fingerprint density at radius 1 is 1.17 bits per heavy atom. The summed E-state index contributed by atoms with van der Waals surface area (Å²) in [7, 11) is 0. The van der Waals surface area contributed by atoms with Crippen LogP contribution in [0, 0.1) is 12.7 Å². The van der Waals surface area contributed by atoms with Gasteiger partial charge in [0.1, 0.15) is 11.6 Å². The smallest absolute Gasteiger partial charge is 0.291 e. The molecule has 4 nitrogen and oxygen atoms in total. The highest BCUT2D eigenvalue weighted by atomic mass is 79.9. The van der Waals surface area contributed by atoms with Gasteiger partial charge in [0.15, 0.2) is 5.76 Å². The number of anilines is 2. The Morgan fingerprint density at radius 3 is 2.67 bits per heavy atom. The van der Waals surface area contributed by atoms with Gasteiger partial charge in [0, 0.05) is 15.7 Å². The number of benzene rings is 2. The fraction of sp³-hybridized carbons (Fsp3) is 0.0556. The van der Waals surface area contributed by atoms with E-state index in [-0.39, 0.29) is 11.4 Å². The van der Waals surface area contributed by atoms with Crippen molar-refractivity contribution >= 4 is 33.2 Å². The first-order valence-corrected chi connectivity index (χ1v) is 7.96. The predicted molar refractivity (Wildman–Crippen MR) is 95.3 cm³/mol. The lowest BCUT2D eigenvalue weighted by atomic mass is 10.1. The van der Waals surface area contributed by atoms with E-state index < -0.39 is 11.7 Å². The molecule has 24 heavy (non-hydrogen) atoms. The van der Waals surface area contributed by atoms with Crippen molar-refractivity contribution in [2.75, 3.05) is 11.1 Å². The molecule has 1 amide bonds. The Morgan fingerprint density at radius 2 is 1.96 bits per heavy atom. The zero-order valence-corrected chi connectivity index (χ0v) is 14.4. The van der Waals surface area contributed by atoms with Gasteiger partial charge in [0.05, 0.1) is 5.69 Å². The number of furan rings is 1. The molecular weight excluding hydrogens is 375 g/mol. The fourth-order valence-electron chi connectivity index (χ4n) is 2.32. The van der Waals surface area contributed by atoms with E-state index in [0.717, 1.165) is 15.6 Å². The van der Waals surface area contributed by atoms with E-state index in [9.17, 15) is 9.18 Å². The lowest BCUT2D eigenvalue weighted by molar-refractivity contribution is 0.0997. The molecule has 3 aromatic rings. The lowest BCUT2D eigenvalue weighted by Crippen LogP contribution is -2.11. The van der Waals surface area contributed by atoms with Gasteiger partial charge in [0.2, 0.25) is 0 Å². The van der Waals surface area contributed by atoms with Crippen molar-refractivity contribution in [2.45, 2.75) is 6.92 Å². The van der Waals surface area contributed by atoms with Crippen LogP contribution in [0.25, 0.3) is 11.3 Å². The number of carbonyl (C=O) groups is 1. The van der Waals surface area contributed by atoms with E-state index in [4.69, 9.17) is 10.2 Å². The molecule has 0 saturated carbocycles. The Labute approximate surface area is 146 Å². The number of rotatable bonds is 3. The molecule has 122 valence electrons. The summed E-state index contributed by atoms with van der Waals surface area (Å²) in [6.45, 7) is 1.96. The first-order chi connectivity index (χ1) is 11.4. The largest absolute Gasteiger partial charge is 0.451 e. The highest BCUT2D eigenvalue weighted by Crippen LogP contribution is 2.28. The van der Waals surface area contributed by atoms with Crippen molar-refractivity contribution in [3.8, 4) is 11.3 Å². The molecule has 0 radical (unpaired) electrons. The topological polar surface area (TPSA) is 68.3 Å². The summed E-state index contributed by atoms with van der Waals surface area (Å²) in [5, 5.41) is 2.63. The van der Waals surface area contributed by atoms with Gasteiger partial charge in [-0.05, 0) is 61.0 Å². The van der Waals surface area contributed by atoms with Crippen LogP contribution in [-0.4, -0.2) is 5.91 Å². The van der Waals surface area contributed by atoms with Crippen LogP contribution in [-0.2, 0) is 0 Å². The third-order valence-electron chi connectivity index (χ3n) is 3.54. The molecule has 0 bridgehead atoms. The van der Waals surface area contributed by atoms with Gasteiger partial charge in [-0.1, -0.05) is 15.9 Å². The maximum atomic E-state index is 13.2. The Kier molecular flexibility index (Phi) is 4.40. The van der Waals surface area contributed by atoms with Crippen LogP contribution in [0.15, 0.2) is 57.4 Å². The van der Waals surface area contributed by atoms with Gasteiger partial charge in [-0.2, -0.15) is 0 Å². The lowest BCUT2D eigenvalue weighted by Gasteiger charge is -2.05. The molecule has 0 fully saturated rings. The van der Waals surface area contributed by atoms with Crippen molar-refractivity contribution in [3.63, 3.8) is 0 Å². The average Bonchev–Trinajstić information content (AvgIpc) is 3.01. The van der Waals surface area contributed by atoms with E-state index in [0.29, 0.717) is 11.4 Å². The van der Waals surface area contributed by atoms with E-state index in [2.05, 4.69) is 21.2 Å². The van der Waals surface area contributed by atoms with E-state index in [1.54, 1.807) is 12.1 Å². The minimum Gasteiger partial charge on any atom is -0.451 e. The van der Waals surface area contributed by atoms with Crippen molar-refractivity contribution in [1.29, 1.82) is 0 Å². The van der Waals surface area contributed by atoms with Gasteiger partial charge < -0.3 is 15.5 Å². The molecule has 3 N–H and O–H groups in total. The van der Waals surface area contributed by atoms with E-state index in [1.165, 1.54) is 18.2 Å². The normalized spacial score (nSPS) is 10.6. The molecule has 0 spiro atoms. The van der Waals surface area contributed by atoms with Crippen molar-refractivity contribution in [1.82, 2.24) is 0 Å². The second-order valence-corrected chi connectivity index (χ2v) is 6.23. The van der Waals surface area contributed by atoms with Crippen LogP contribution in [0.2, 0.25) is 0 Å². The first kappa shape index (κ1) is 16.3. The first-order valence-electron chi connectivity index (χ1n) is 7.17. The number of nitrogens with one attached hydrogen (secondary N) is 1. The van der Waals surface area contributed by atoms with Crippen LogP contribution in [0.3, 0.4) is 0 Å². The zero-order valence-electron chi connectivity index (χ0n) is 12.8. The summed E-state index contributed by atoms with van der Waals surface area (Å²) in [6.07, 6.45) is 0. The molecule has 0 aliphatic rings. The summed E-state index contributed by atoms with van der Waals surface area (Å²) >= 11 is 3.41. The van der Waals surface area contributed by atoms with Crippen LogP contribution >= 0.6 is 15.9 Å². The van der Waals surface area contributed by atoms with Crippen molar-refractivity contribution in [3.05, 3.63) is 70.1 Å². The predicted octanol–water partition coefficient (Wildman–Crippen LogP) is 4.99. The zero-order chi connectivity index (χ0) is 17.3. The number of carbonyl (C=O) groups excluding carboxylic acids is 1. The molecule has 1 heterocycles. The number of hydrogen-bond acceptors (Lipinski definition) is 3. The molecular formula is C18H14BrFN2O2. The van der Waals surface area contributed by atoms with Crippen LogP contribution in [0.4, 0.5) is 15.8 Å². The molecule has 0 aliphatic carbocycles. The number of nitrogen functional groups attached to an aromatic ring is 1. The minimum absolute atomic E-state index is 0.0292. The van der Waals surface area contributed by atoms with E-state index in [1.807, 2.05) is 25.1 Å². The maximum Gasteiger partial charge on any atom is 0.291 e. The summed E-state index contributed by atoms with van der Waals surface area (Å²) in [6, 6.07) is 13.1. The Bertz CT molecular complexity index is 921. The summed E-state index contributed by atoms with van der Waals surface area (Å²) in [5.74, 6) is -0.194. The van der Waals surface area contributed by atoms with Gasteiger partial charge in [-0.25, -0.2) is 4.39 Å². The van der Waals surface area contributed by atoms with Crippen LogP contribution in [0.1, 0.15) is 16.1 Å². The van der Waals surface area contributed by atoms with Crippen LogP contribution < -0.4 is 11.1 Å². The summed E-state index contributed by atoms with van der Waals surface area (Å²) in [5.41, 5.74) is 7.79. The standard InChI is InChI=1S/C18H14BrFN2O2/c1-10-8-11(19)2-4-13(10)16-6-7-17(24-16)18(23)22-12-3-5-14(20)15(21)9-12/h2-9H,21H2,1H3,(H,22,23). The molecule has 0 atom stereocenters. The maximum absolute atomic E-state index is 13.2. The van der Waals surface area contributed by atoms with Gasteiger partial charge in [-0.15, -0.1) is 0 Å². The SMILES string of the molecule is Cc1cc(Br)ccc1-c1ccc(C(=O)Nc2ccc(F)c(N)c2)o1. The number of hydrogen-bond donors (Lipinski definition) is 2. The van der Waals surface area contributed by atoms with Gasteiger partial charge in [-0.3, -0.25) is 4.79 Å². The highest BCUT2D eigenvalue weighted by Gasteiger charge is 2.14. The molecule has 3 rings (SSSR count). The molecule has 0 saturated heterocycles. The number of aryl methyl sites for hydroxylation is 1. The third kappa shape index (κ3) is 3.33. The Balaban J connectivity index is 1.82. The number of amides is 1. The molecule has 2 aromatic carbocycles. The fourth-order valence-corrected chi connectivity index (χ4v) is 2.80. The average molecular weight is 389 g/mol. The van der Waals surface area contributed by atoms with Crippen molar-refractivity contribution < 1.29 is 13.6 Å². The number of nitrogens with two attached hydrogens (primary N) is 1. The highest BCUT2D eigenvalue weighted by molar-refractivity contribution is 9.10. The van der Waals surface area contributed by atoms with Gasteiger partial charge in [0.25, 0.3) is 5.91 Å². The van der Waals surface area contributed by atoms with E-state index >= 15 is 0 Å². The summed E-state index contributed by atoms with van der Waals surface area (Å²) in [4.78, 5) is 12.2. The van der Waals surface area contributed by atoms with Gasteiger partial charge >= 0.3 is 0 Å². The van der Waals surface area contributed by atoms with Crippen molar-refractivity contribution in [2.24, 2.45) is 0 Å². The summed E-state index contributed by atoms with van der Waals surface area (Å²) < 4.78 is 19.8. The quantitative estimate of drug-likeness (QED) is 0.620. The molecule has 1 aromatic heterocycles. The van der Waals surface area contributed by atoms with Crippen LogP contribution in [0.5, 0.6) is 0 Å².